The van der Waals surface area contributed by atoms with Gasteiger partial charge in [0.1, 0.15) is 5.82 Å². The molecule has 1 heterocycles. The first kappa shape index (κ1) is 25.4. The second-order valence-electron chi connectivity index (χ2n) is 9.22. The number of nitrogens with one attached hydrogen (secondary N) is 2. The molecule has 1 saturated carbocycles. The monoisotopic (exact) mass is 497 g/mol. The molecule has 2 aliphatic rings. The Kier molecular flexibility index (Phi) is 8.04. The lowest BCUT2D eigenvalue weighted by Crippen LogP contribution is -2.49. The second kappa shape index (κ2) is 11.4. The molecule has 3 amide bonds. The maximum atomic E-state index is 13.2. The summed E-state index contributed by atoms with van der Waals surface area (Å²) in [5.74, 6) is -0.745. The highest BCUT2D eigenvalue weighted by Crippen LogP contribution is 2.29. The van der Waals surface area contributed by atoms with Crippen molar-refractivity contribution in [1.29, 1.82) is 0 Å². The summed E-state index contributed by atoms with van der Waals surface area (Å²) in [6.07, 6.45) is 2.82. The fourth-order valence-electron chi connectivity index (χ4n) is 4.67. The van der Waals surface area contributed by atoms with E-state index < -0.39 is 6.09 Å². The van der Waals surface area contributed by atoms with Crippen LogP contribution < -0.4 is 21.3 Å². The Bertz CT molecular complexity index is 1090. The van der Waals surface area contributed by atoms with Crippen molar-refractivity contribution < 1.29 is 23.5 Å². The van der Waals surface area contributed by atoms with Crippen LogP contribution in [0, 0.1) is 5.82 Å². The van der Waals surface area contributed by atoms with Gasteiger partial charge >= 0.3 is 6.09 Å². The summed E-state index contributed by atoms with van der Waals surface area (Å²) < 4.78 is 18.0. The van der Waals surface area contributed by atoms with Crippen molar-refractivity contribution in [2.24, 2.45) is 5.73 Å². The first-order chi connectivity index (χ1) is 17.3. The van der Waals surface area contributed by atoms with E-state index in [2.05, 4.69) is 10.6 Å². The molecule has 2 fully saturated rings. The van der Waals surface area contributed by atoms with E-state index in [1.807, 2.05) is 4.90 Å². The van der Waals surface area contributed by atoms with E-state index >= 15 is 0 Å². The van der Waals surface area contributed by atoms with Crippen molar-refractivity contribution in [3.05, 3.63) is 59.4 Å². The van der Waals surface area contributed by atoms with E-state index in [4.69, 9.17) is 10.5 Å². The Balaban J connectivity index is 1.45. The summed E-state index contributed by atoms with van der Waals surface area (Å²) in [7, 11) is 1.28. The Hall–Kier alpha value is -3.66. The molecular formula is C26H32FN5O4. The van der Waals surface area contributed by atoms with Gasteiger partial charge in [-0.25, -0.2) is 9.18 Å². The van der Waals surface area contributed by atoms with Crippen LogP contribution in [-0.4, -0.2) is 68.2 Å². The Labute approximate surface area is 209 Å². The van der Waals surface area contributed by atoms with E-state index in [0.717, 1.165) is 31.4 Å². The summed E-state index contributed by atoms with van der Waals surface area (Å²) in [6.45, 7) is 1.97. The smallest absolute Gasteiger partial charge is 0.411 e. The molecule has 0 unspecified atom stereocenters. The maximum absolute atomic E-state index is 13.2. The molecule has 1 aliphatic heterocycles. The molecule has 1 saturated heterocycles. The molecule has 0 bridgehead atoms. The van der Waals surface area contributed by atoms with Crippen LogP contribution in [0.25, 0.3) is 0 Å². The molecule has 0 atom stereocenters. The molecule has 2 aromatic carbocycles. The highest BCUT2D eigenvalue weighted by Gasteiger charge is 2.25. The third-order valence-corrected chi connectivity index (χ3v) is 6.79. The number of piperazine rings is 1. The predicted octanol–water partition coefficient (Wildman–Crippen LogP) is 2.97. The van der Waals surface area contributed by atoms with Crippen molar-refractivity contribution in [3.63, 3.8) is 0 Å². The molecular weight excluding hydrogens is 465 g/mol. The number of nitrogens with two attached hydrogens (primary N) is 1. The number of hydrogen-bond donors (Lipinski definition) is 3. The summed E-state index contributed by atoms with van der Waals surface area (Å²) in [5, 5.41) is 5.78. The summed E-state index contributed by atoms with van der Waals surface area (Å²) in [5.41, 5.74) is 8.02. The molecule has 192 valence electrons. The van der Waals surface area contributed by atoms with Gasteiger partial charge in [-0.15, -0.1) is 0 Å². The Morgan fingerprint density at radius 2 is 1.58 bits per heavy atom. The lowest BCUT2D eigenvalue weighted by Gasteiger charge is -2.37. The van der Waals surface area contributed by atoms with Crippen LogP contribution in [0.2, 0.25) is 0 Å². The first-order valence-corrected chi connectivity index (χ1v) is 12.2. The van der Waals surface area contributed by atoms with Gasteiger partial charge in [-0.05, 0) is 68.1 Å². The molecule has 4 rings (SSSR count). The van der Waals surface area contributed by atoms with Gasteiger partial charge in [-0.3, -0.25) is 14.9 Å². The SMILES string of the molecule is COC(=O)Nc1cc(C(=O)NC2CCC(N)CC2)ccc1N1CCN(C(=O)c2ccc(F)cc2)CC1. The van der Waals surface area contributed by atoms with Gasteiger partial charge in [0, 0.05) is 49.4 Å². The van der Waals surface area contributed by atoms with Gasteiger partial charge < -0.3 is 25.6 Å². The van der Waals surface area contributed by atoms with Crippen LogP contribution in [-0.2, 0) is 4.74 Å². The number of ether oxygens (including phenoxy) is 1. The second-order valence-corrected chi connectivity index (χ2v) is 9.22. The van der Waals surface area contributed by atoms with E-state index in [-0.39, 0.29) is 29.7 Å². The van der Waals surface area contributed by atoms with Gasteiger partial charge in [0.15, 0.2) is 0 Å². The third kappa shape index (κ3) is 6.12. The largest absolute Gasteiger partial charge is 0.453 e. The van der Waals surface area contributed by atoms with E-state index in [1.54, 1.807) is 23.1 Å². The van der Waals surface area contributed by atoms with Gasteiger partial charge in [0.25, 0.3) is 11.8 Å². The van der Waals surface area contributed by atoms with Crippen molar-refractivity contribution in [2.75, 3.05) is 43.5 Å². The Morgan fingerprint density at radius 1 is 0.944 bits per heavy atom. The van der Waals surface area contributed by atoms with Crippen LogP contribution in [0.5, 0.6) is 0 Å². The van der Waals surface area contributed by atoms with Crippen LogP contribution in [0.15, 0.2) is 42.5 Å². The van der Waals surface area contributed by atoms with Crippen molar-refractivity contribution in [2.45, 2.75) is 37.8 Å². The highest BCUT2D eigenvalue weighted by molar-refractivity contribution is 5.99. The highest BCUT2D eigenvalue weighted by atomic mass is 19.1. The van der Waals surface area contributed by atoms with E-state index in [0.29, 0.717) is 43.0 Å². The zero-order valence-corrected chi connectivity index (χ0v) is 20.3. The van der Waals surface area contributed by atoms with Crippen LogP contribution in [0.1, 0.15) is 46.4 Å². The normalized spacial score (nSPS) is 20.0. The minimum atomic E-state index is -0.639. The number of nitrogens with zero attached hydrogens (tertiary/aromatic N) is 2. The van der Waals surface area contributed by atoms with E-state index in [9.17, 15) is 18.8 Å². The third-order valence-electron chi connectivity index (χ3n) is 6.79. The van der Waals surface area contributed by atoms with Gasteiger partial charge in [-0.2, -0.15) is 0 Å². The average molecular weight is 498 g/mol. The zero-order chi connectivity index (χ0) is 25.7. The predicted molar refractivity (Wildman–Crippen MR) is 135 cm³/mol. The molecule has 10 heteroatoms. The fraction of sp³-hybridized carbons (Fsp3) is 0.423. The number of halogens is 1. The van der Waals surface area contributed by atoms with Crippen LogP contribution in [0.3, 0.4) is 0 Å². The van der Waals surface area contributed by atoms with E-state index in [1.165, 1.54) is 31.4 Å². The summed E-state index contributed by atoms with van der Waals surface area (Å²) in [6, 6.07) is 11.0. The quantitative estimate of drug-likeness (QED) is 0.585. The molecule has 0 radical (unpaired) electrons. The van der Waals surface area contributed by atoms with Crippen LogP contribution >= 0.6 is 0 Å². The minimum Gasteiger partial charge on any atom is -0.453 e. The average Bonchev–Trinajstić information content (AvgIpc) is 2.90. The molecule has 36 heavy (non-hydrogen) atoms. The Morgan fingerprint density at radius 3 is 2.22 bits per heavy atom. The van der Waals surface area contributed by atoms with Gasteiger partial charge in [-0.1, -0.05) is 0 Å². The topological polar surface area (TPSA) is 117 Å². The number of methoxy groups -OCH3 is 1. The number of carbonyl (C=O) groups excluding carboxylic acids is 3. The number of anilines is 2. The number of hydrogen-bond acceptors (Lipinski definition) is 6. The fourth-order valence-corrected chi connectivity index (χ4v) is 4.67. The molecule has 4 N–H and O–H groups in total. The molecule has 2 aromatic rings. The van der Waals surface area contributed by atoms with Crippen molar-refractivity contribution in [3.8, 4) is 0 Å². The summed E-state index contributed by atoms with van der Waals surface area (Å²) >= 11 is 0. The molecule has 1 aliphatic carbocycles. The zero-order valence-electron chi connectivity index (χ0n) is 20.3. The van der Waals surface area contributed by atoms with Gasteiger partial charge in [0.05, 0.1) is 18.5 Å². The standard InChI is InChI=1S/C26H32FN5O4/c1-36-26(35)30-22-16-18(24(33)29-21-9-7-20(28)8-10-21)4-11-23(22)31-12-14-32(15-13-31)25(34)17-2-5-19(27)6-3-17/h2-6,11,16,20-21H,7-10,12-15,28H2,1H3,(H,29,33)(H,30,35). The molecule has 0 aromatic heterocycles. The van der Waals surface area contributed by atoms with Crippen molar-refractivity contribution in [1.82, 2.24) is 10.2 Å². The number of rotatable bonds is 5. The number of amides is 3. The van der Waals surface area contributed by atoms with Crippen molar-refractivity contribution >= 4 is 29.3 Å². The first-order valence-electron chi connectivity index (χ1n) is 12.2. The molecule has 9 nitrogen and oxygen atoms in total. The van der Waals surface area contributed by atoms with Gasteiger partial charge in [0.2, 0.25) is 0 Å². The lowest BCUT2D eigenvalue weighted by molar-refractivity contribution is 0.0746. The van der Waals surface area contributed by atoms with Crippen LogP contribution in [0.4, 0.5) is 20.6 Å². The maximum Gasteiger partial charge on any atom is 0.411 e. The molecule has 0 spiro atoms. The number of carbonyl (C=O) groups is 3. The lowest BCUT2D eigenvalue weighted by atomic mass is 9.91. The summed E-state index contributed by atoms with van der Waals surface area (Å²) in [4.78, 5) is 41.4. The minimum absolute atomic E-state index is 0.0840. The number of benzene rings is 2.